The van der Waals surface area contributed by atoms with Crippen LogP contribution in [-0.4, -0.2) is 69.0 Å². The first-order valence-electron chi connectivity index (χ1n) is 10.6. The summed E-state index contributed by atoms with van der Waals surface area (Å²) >= 11 is 0. The standard InChI is InChI=1S/C22H23BN4O6/c23-27-12-18(33-22(30)14-1-3-16(25-31)4-2-14)11-19(27)21(29)24-15-5-7-17(8-6-15)26-9-10-32-13-20(26)28/h1-8,18-19H,9-13,23H2,(H,24,29)/t18-,19+/m0/s1. The number of morpholine rings is 1. The first-order chi connectivity index (χ1) is 15.9. The zero-order chi connectivity index (χ0) is 23.4. The second-order valence-corrected chi connectivity index (χ2v) is 7.99. The van der Waals surface area contributed by atoms with E-state index in [-0.39, 0.29) is 24.1 Å². The molecule has 2 aromatic rings. The molecule has 0 radical (unpaired) electrons. The van der Waals surface area contributed by atoms with Crippen LogP contribution in [0.3, 0.4) is 0 Å². The third-order valence-corrected chi connectivity index (χ3v) is 5.73. The van der Waals surface area contributed by atoms with E-state index in [1.54, 1.807) is 37.1 Å². The van der Waals surface area contributed by atoms with Gasteiger partial charge in [-0.1, -0.05) is 0 Å². The Labute approximate surface area is 191 Å². The number of esters is 1. The molecule has 0 saturated carbocycles. The Hall–Kier alpha value is -3.57. The Balaban J connectivity index is 1.32. The van der Waals surface area contributed by atoms with Gasteiger partial charge in [-0.05, 0) is 53.7 Å². The maximum absolute atomic E-state index is 12.8. The lowest BCUT2D eigenvalue weighted by molar-refractivity contribution is -0.125. The lowest BCUT2D eigenvalue weighted by atomic mass is 10.1. The number of hydrogen-bond acceptors (Lipinski definition) is 8. The van der Waals surface area contributed by atoms with Crippen LogP contribution in [0.25, 0.3) is 0 Å². The normalized spacial score (nSPS) is 21.0. The molecule has 0 aromatic heterocycles. The van der Waals surface area contributed by atoms with Crippen LogP contribution >= 0.6 is 0 Å². The fourth-order valence-electron chi connectivity index (χ4n) is 3.96. The molecule has 2 saturated heterocycles. The number of nitroso groups, excluding NO2 is 1. The summed E-state index contributed by atoms with van der Waals surface area (Å²) in [5.41, 5.74) is 1.91. The average Bonchev–Trinajstić information content (AvgIpc) is 3.20. The molecule has 2 aromatic carbocycles. The van der Waals surface area contributed by atoms with Crippen molar-refractivity contribution < 1.29 is 23.9 Å². The van der Waals surface area contributed by atoms with Crippen LogP contribution in [0.1, 0.15) is 16.8 Å². The van der Waals surface area contributed by atoms with E-state index in [2.05, 4.69) is 10.5 Å². The van der Waals surface area contributed by atoms with Crippen molar-refractivity contribution in [1.82, 2.24) is 4.81 Å². The maximum atomic E-state index is 12.8. The highest BCUT2D eigenvalue weighted by Crippen LogP contribution is 2.23. The summed E-state index contributed by atoms with van der Waals surface area (Å²) in [5.74, 6) is -0.810. The van der Waals surface area contributed by atoms with Gasteiger partial charge in [0.2, 0.25) is 5.91 Å². The van der Waals surface area contributed by atoms with Gasteiger partial charge in [-0.2, -0.15) is 0 Å². The molecule has 2 aliphatic heterocycles. The molecule has 4 rings (SSSR count). The van der Waals surface area contributed by atoms with Gasteiger partial charge >= 0.3 is 5.97 Å². The van der Waals surface area contributed by atoms with Crippen molar-refractivity contribution in [2.75, 3.05) is 36.5 Å². The van der Waals surface area contributed by atoms with E-state index in [1.807, 2.05) is 4.81 Å². The molecule has 33 heavy (non-hydrogen) atoms. The lowest BCUT2D eigenvalue weighted by Crippen LogP contribution is -2.41. The second-order valence-electron chi connectivity index (χ2n) is 7.99. The molecule has 2 amide bonds. The largest absolute Gasteiger partial charge is 0.457 e. The fraction of sp³-hybridized carbons (Fsp3) is 0.318. The topological polar surface area (TPSA) is 118 Å². The molecule has 0 aliphatic carbocycles. The first kappa shape index (κ1) is 22.6. The fourth-order valence-corrected chi connectivity index (χ4v) is 3.96. The molecule has 0 spiro atoms. The molecule has 10 nitrogen and oxygen atoms in total. The monoisotopic (exact) mass is 450 g/mol. The summed E-state index contributed by atoms with van der Waals surface area (Å²) in [6.45, 7) is 1.48. The quantitative estimate of drug-likeness (QED) is 0.400. The maximum Gasteiger partial charge on any atom is 0.338 e. The van der Waals surface area contributed by atoms with Crippen LogP contribution < -0.4 is 10.2 Å². The van der Waals surface area contributed by atoms with Crippen LogP contribution in [0.2, 0.25) is 0 Å². The van der Waals surface area contributed by atoms with Gasteiger partial charge in [-0.15, -0.1) is 4.91 Å². The van der Waals surface area contributed by atoms with Crippen molar-refractivity contribution in [3.8, 4) is 0 Å². The number of rotatable bonds is 6. The van der Waals surface area contributed by atoms with E-state index in [1.165, 1.54) is 24.3 Å². The Kier molecular flexibility index (Phi) is 6.80. The zero-order valence-electron chi connectivity index (χ0n) is 18.1. The van der Waals surface area contributed by atoms with E-state index in [0.29, 0.717) is 37.4 Å². The third-order valence-electron chi connectivity index (χ3n) is 5.73. The molecule has 0 unspecified atom stereocenters. The van der Waals surface area contributed by atoms with Crippen LogP contribution in [0.15, 0.2) is 53.7 Å². The lowest BCUT2D eigenvalue weighted by Gasteiger charge is -2.27. The minimum atomic E-state index is -0.514. The summed E-state index contributed by atoms with van der Waals surface area (Å²) in [4.78, 5) is 51.2. The average molecular weight is 450 g/mol. The van der Waals surface area contributed by atoms with Gasteiger partial charge in [0.25, 0.3) is 5.91 Å². The minimum Gasteiger partial charge on any atom is -0.457 e. The Morgan fingerprint density at radius 1 is 1.12 bits per heavy atom. The van der Waals surface area contributed by atoms with Crippen molar-refractivity contribution in [3.63, 3.8) is 0 Å². The van der Waals surface area contributed by atoms with E-state index >= 15 is 0 Å². The van der Waals surface area contributed by atoms with Gasteiger partial charge in [0.05, 0.1) is 18.2 Å². The van der Waals surface area contributed by atoms with Crippen molar-refractivity contribution in [3.05, 3.63) is 59.0 Å². The summed E-state index contributed by atoms with van der Waals surface area (Å²) in [7, 11) is 1.80. The van der Waals surface area contributed by atoms with Gasteiger partial charge in [0.1, 0.15) is 18.4 Å². The van der Waals surface area contributed by atoms with Crippen molar-refractivity contribution in [2.24, 2.45) is 5.18 Å². The van der Waals surface area contributed by atoms with E-state index in [4.69, 9.17) is 9.47 Å². The summed E-state index contributed by atoms with van der Waals surface area (Å²) in [6, 6.07) is 12.5. The summed E-state index contributed by atoms with van der Waals surface area (Å²) in [6.07, 6.45) is -0.0700. The number of nitrogens with zero attached hydrogens (tertiary/aromatic N) is 3. The van der Waals surface area contributed by atoms with Crippen molar-refractivity contribution in [2.45, 2.75) is 18.6 Å². The van der Waals surface area contributed by atoms with Gasteiger partial charge in [-0.3, -0.25) is 9.59 Å². The third kappa shape index (κ3) is 5.26. The molecule has 2 fully saturated rings. The molecule has 11 heteroatoms. The van der Waals surface area contributed by atoms with E-state index in [9.17, 15) is 19.3 Å². The Morgan fingerprint density at radius 3 is 2.52 bits per heavy atom. The molecule has 1 N–H and O–H groups in total. The zero-order valence-corrected chi connectivity index (χ0v) is 18.1. The number of anilines is 2. The molecular weight excluding hydrogens is 427 g/mol. The molecule has 2 atom stereocenters. The van der Waals surface area contributed by atoms with Gasteiger partial charge in [0.15, 0.2) is 7.98 Å². The summed E-state index contributed by atoms with van der Waals surface area (Å²) in [5, 5.41) is 5.69. The number of carbonyl (C=O) groups is 3. The molecule has 2 aliphatic rings. The van der Waals surface area contributed by atoms with Crippen LogP contribution in [-0.2, 0) is 19.1 Å². The number of hydrogen-bond donors (Lipinski definition) is 1. The molecule has 2 heterocycles. The Morgan fingerprint density at radius 2 is 1.85 bits per heavy atom. The highest BCUT2D eigenvalue weighted by Gasteiger charge is 2.36. The predicted octanol–water partition coefficient (Wildman–Crippen LogP) is 1.23. The molecule has 0 bridgehead atoms. The van der Waals surface area contributed by atoms with Crippen LogP contribution in [0, 0.1) is 4.91 Å². The van der Waals surface area contributed by atoms with Gasteiger partial charge in [0, 0.05) is 30.9 Å². The minimum absolute atomic E-state index is 0.0690. The van der Waals surface area contributed by atoms with Crippen LogP contribution in [0.5, 0.6) is 0 Å². The van der Waals surface area contributed by atoms with Gasteiger partial charge in [-0.25, -0.2) is 4.79 Å². The molecule has 170 valence electrons. The number of nitrogens with one attached hydrogen (secondary N) is 1. The van der Waals surface area contributed by atoms with E-state index < -0.39 is 18.1 Å². The SMILES string of the molecule is BN1C[C@@H](OC(=O)c2ccc(N=O)cc2)C[C@@H]1C(=O)Nc1ccc(N2CCOCC2=O)cc1. The van der Waals surface area contributed by atoms with E-state index in [0.717, 1.165) is 5.69 Å². The number of benzene rings is 2. The number of ether oxygens (including phenoxy) is 2. The van der Waals surface area contributed by atoms with Crippen molar-refractivity contribution in [1.29, 1.82) is 0 Å². The number of amides is 2. The van der Waals surface area contributed by atoms with Crippen LogP contribution in [0.4, 0.5) is 17.1 Å². The second kappa shape index (κ2) is 9.93. The molecular formula is C22H23BN4O6. The smallest absolute Gasteiger partial charge is 0.338 e. The Bertz CT molecular complexity index is 1050. The van der Waals surface area contributed by atoms with Gasteiger partial charge < -0.3 is 24.5 Å². The van der Waals surface area contributed by atoms with Crippen molar-refractivity contribution >= 4 is 42.8 Å². The highest BCUT2D eigenvalue weighted by atomic mass is 16.5. The number of carbonyl (C=O) groups excluding carboxylic acids is 3. The predicted molar refractivity (Wildman–Crippen MR) is 123 cm³/mol. The highest BCUT2D eigenvalue weighted by molar-refractivity contribution is 6.08. The summed E-state index contributed by atoms with van der Waals surface area (Å²) < 4.78 is 10.7. The first-order valence-corrected chi connectivity index (χ1v) is 10.6.